The molecule has 150 valence electrons. The molecule has 0 unspecified atom stereocenters. The van der Waals surface area contributed by atoms with Gasteiger partial charge in [-0.25, -0.2) is 0 Å². The summed E-state index contributed by atoms with van der Waals surface area (Å²) in [6, 6.07) is 10.6. The molecular weight excluding hydrogens is 445 g/mol. The van der Waals surface area contributed by atoms with Crippen LogP contribution in [0.15, 0.2) is 34.5 Å². The van der Waals surface area contributed by atoms with Gasteiger partial charge in [-0.2, -0.15) is 13.7 Å². The van der Waals surface area contributed by atoms with E-state index in [2.05, 4.69) is 11.4 Å². The summed E-state index contributed by atoms with van der Waals surface area (Å²) in [6.45, 7) is 1.37. The molecule has 7 nitrogen and oxygen atoms in total. The van der Waals surface area contributed by atoms with Gasteiger partial charge in [-0.1, -0.05) is 35.3 Å². The van der Waals surface area contributed by atoms with Crippen LogP contribution in [0.5, 0.6) is 0 Å². The molecule has 1 atom stereocenters. The molecule has 2 aromatic rings. The second-order valence-corrected chi connectivity index (χ2v) is 9.57. The molecule has 2 heterocycles. The minimum Gasteiger partial charge on any atom is -0.337 e. The molecule has 1 fully saturated rings. The minimum absolute atomic E-state index is 0.0471. The van der Waals surface area contributed by atoms with Gasteiger partial charge in [0.2, 0.25) is 5.91 Å². The van der Waals surface area contributed by atoms with Gasteiger partial charge in [-0.3, -0.25) is 9.35 Å². The number of carbonyl (C=O) groups is 1. The summed E-state index contributed by atoms with van der Waals surface area (Å²) < 4.78 is 29.3. The molecule has 11 heteroatoms. The monoisotopic (exact) mass is 461 g/mol. The number of thiophene rings is 1. The normalized spacial score (nSPS) is 16.5. The lowest BCUT2D eigenvalue weighted by molar-refractivity contribution is -0.129. The minimum atomic E-state index is -4.15. The quantitative estimate of drug-likeness (QED) is 0.676. The number of hydrogen-bond acceptors (Lipinski definition) is 6. The van der Waals surface area contributed by atoms with Crippen molar-refractivity contribution in [2.75, 3.05) is 13.6 Å². The summed E-state index contributed by atoms with van der Waals surface area (Å²) in [4.78, 5) is 13.7. The van der Waals surface area contributed by atoms with Crippen LogP contribution in [-0.2, 0) is 21.5 Å². The largest absolute Gasteiger partial charge is 0.337 e. The van der Waals surface area contributed by atoms with E-state index in [0.29, 0.717) is 23.4 Å². The number of benzene rings is 1. The van der Waals surface area contributed by atoms with E-state index in [4.69, 9.17) is 33.0 Å². The fourth-order valence-electron chi connectivity index (χ4n) is 2.58. The van der Waals surface area contributed by atoms with Crippen LogP contribution in [0.1, 0.15) is 17.5 Å². The number of likely N-dealkylation sites (tertiary alicyclic amines) is 1. The highest BCUT2D eigenvalue weighted by Crippen LogP contribution is 2.33. The van der Waals surface area contributed by atoms with Crippen LogP contribution in [0.25, 0.3) is 0 Å². The number of rotatable bonds is 4. The maximum absolute atomic E-state index is 11.9. The summed E-state index contributed by atoms with van der Waals surface area (Å²) in [5, 5.41) is 12.0. The zero-order chi connectivity index (χ0) is 20.9. The van der Waals surface area contributed by atoms with Gasteiger partial charge in [0, 0.05) is 13.1 Å². The van der Waals surface area contributed by atoms with E-state index in [0.717, 1.165) is 24.6 Å². The van der Waals surface area contributed by atoms with Gasteiger partial charge in [0.25, 0.3) is 0 Å². The summed E-state index contributed by atoms with van der Waals surface area (Å²) in [5.41, 5.74) is 1.65. The molecule has 0 spiro atoms. The van der Waals surface area contributed by atoms with Gasteiger partial charge >= 0.3 is 10.1 Å². The van der Waals surface area contributed by atoms with Gasteiger partial charge in [-0.15, -0.1) is 11.3 Å². The average molecular weight is 462 g/mol. The highest BCUT2D eigenvalue weighted by Gasteiger charge is 2.29. The Labute approximate surface area is 177 Å². The molecule has 1 aliphatic rings. The van der Waals surface area contributed by atoms with E-state index in [1.165, 1.54) is 0 Å². The van der Waals surface area contributed by atoms with E-state index in [-0.39, 0.29) is 25.5 Å². The van der Waals surface area contributed by atoms with E-state index < -0.39 is 10.1 Å². The van der Waals surface area contributed by atoms with Crippen LogP contribution in [0.2, 0.25) is 9.36 Å². The first-order chi connectivity index (χ1) is 13.2. The second kappa shape index (κ2) is 9.69. The molecule has 1 saturated heterocycles. The number of nitrogens with one attached hydrogen (secondary N) is 1. The van der Waals surface area contributed by atoms with Crippen LogP contribution >= 0.6 is 34.5 Å². The number of likely N-dealkylation sites (N-methyl/N-ethyl adjacent to an activating group) is 1. The Morgan fingerprint density at radius 3 is 2.57 bits per heavy atom. The first-order valence-electron chi connectivity index (χ1n) is 8.03. The number of nitriles is 1. The van der Waals surface area contributed by atoms with E-state index in [1.54, 1.807) is 6.07 Å². The third-order valence-corrected chi connectivity index (χ3v) is 7.12. The van der Waals surface area contributed by atoms with Gasteiger partial charge in [0.15, 0.2) is 0 Å². The fraction of sp³-hybridized carbons (Fsp3) is 0.294. The smallest absolute Gasteiger partial charge is 0.304 e. The van der Waals surface area contributed by atoms with Crippen LogP contribution in [0.4, 0.5) is 0 Å². The van der Waals surface area contributed by atoms with Crippen molar-refractivity contribution in [3.63, 3.8) is 0 Å². The highest BCUT2D eigenvalue weighted by atomic mass is 35.5. The fourth-order valence-corrected chi connectivity index (χ4v) is 4.82. The Bertz CT molecular complexity index is 983. The van der Waals surface area contributed by atoms with E-state index in [9.17, 15) is 13.2 Å². The van der Waals surface area contributed by atoms with Crippen LogP contribution in [0, 0.1) is 11.3 Å². The maximum atomic E-state index is 11.9. The molecule has 1 aromatic heterocycles. The Hall–Kier alpha value is -1.67. The molecule has 1 amide bonds. The average Bonchev–Trinajstić information content (AvgIpc) is 3.18. The number of carbonyl (C=O) groups excluding carboxylic acids is 1. The molecule has 1 aromatic carbocycles. The Morgan fingerprint density at radius 2 is 2.11 bits per heavy atom. The van der Waals surface area contributed by atoms with Crippen LogP contribution in [-0.4, -0.2) is 43.4 Å². The topological polar surface area (TPSA) is 111 Å². The Balaban J connectivity index is 0.000000221. The van der Waals surface area contributed by atoms with E-state index >= 15 is 0 Å². The standard InChI is InChI=1S/C13H15N3O.C4H2Cl2O3S2/c1-15-12-5-6-16(13(12)17)9-11-4-2-3-10(7-11)8-14;5-2-1-3(10-4(2)6)11(7,8)9/h2-4,7,12,15H,5-6,9H2,1H3;1H,(H,7,8,9)/t12-;/m0./s1. The Morgan fingerprint density at radius 1 is 1.39 bits per heavy atom. The zero-order valence-electron chi connectivity index (χ0n) is 14.7. The predicted molar refractivity (Wildman–Crippen MR) is 108 cm³/mol. The van der Waals surface area contributed by atoms with Gasteiger partial charge in [-0.05, 0) is 37.2 Å². The molecular formula is C17H17Cl2N3O4S2. The molecule has 0 saturated carbocycles. The third-order valence-electron chi connectivity index (χ3n) is 3.95. The summed E-state index contributed by atoms with van der Waals surface area (Å²) >= 11 is 11.6. The van der Waals surface area contributed by atoms with Crippen molar-refractivity contribution in [3.05, 3.63) is 50.8 Å². The second-order valence-electron chi connectivity index (χ2n) is 5.86. The molecule has 0 aliphatic carbocycles. The molecule has 0 bridgehead atoms. The SMILES string of the molecule is CN[C@H]1CCN(Cc2cccc(C#N)c2)C1=O.O=S(=O)(O)c1cc(Cl)c(Cl)s1. The maximum Gasteiger partial charge on any atom is 0.304 e. The van der Waals surface area contributed by atoms with Crippen molar-refractivity contribution < 1.29 is 17.8 Å². The number of halogens is 2. The van der Waals surface area contributed by atoms with Crippen molar-refractivity contribution in [1.82, 2.24) is 10.2 Å². The highest BCUT2D eigenvalue weighted by molar-refractivity contribution is 7.88. The lowest BCUT2D eigenvalue weighted by Gasteiger charge is -2.16. The molecule has 3 rings (SSSR count). The molecule has 2 N–H and O–H groups in total. The van der Waals surface area contributed by atoms with Crippen LogP contribution < -0.4 is 5.32 Å². The van der Waals surface area contributed by atoms with Gasteiger partial charge in [0.05, 0.1) is 22.7 Å². The lowest BCUT2D eigenvalue weighted by atomic mass is 10.1. The van der Waals surface area contributed by atoms with Crippen LogP contribution in [0.3, 0.4) is 0 Å². The lowest BCUT2D eigenvalue weighted by Crippen LogP contribution is -2.35. The zero-order valence-corrected chi connectivity index (χ0v) is 17.9. The third kappa shape index (κ3) is 5.91. The van der Waals surface area contributed by atoms with Gasteiger partial charge < -0.3 is 10.2 Å². The first kappa shape index (κ1) is 22.6. The van der Waals surface area contributed by atoms with E-state index in [1.807, 2.05) is 30.1 Å². The van der Waals surface area contributed by atoms with Crippen molar-refractivity contribution in [3.8, 4) is 6.07 Å². The molecule has 28 heavy (non-hydrogen) atoms. The van der Waals surface area contributed by atoms with Crippen molar-refractivity contribution in [2.24, 2.45) is 0 Å². The molecule has 0 radical (unpaired) electrons. The first-order valence-corrected chi connectivity index (χ1v) is 11.0. The summed E-state index contributed by atoms with van der Waals surface area (Å²) in [6.07, 6.45) is 0.854. The van der Waals surface area contributed by atoms with Crippen molar-refractivity contribution >= 4 is 50.6 Å². The number of hydrogen-bond donors (Lipinski definition) is 2. The van der Waals surface area contributed by atoms with Crippen molar-refractivity contribution in [2.45, 2.75) is 23.2 Å². The number of nitrogens with zero attached hydrogens (tertiary/aromatic N) is 2. The van der Waals surface area contributed by atoms with Crippen molar-refractivity contribution in [1.29, 1.82) is 5.26 Å². The van der Waals surface area contributed by atoms with Gasteiger partial charge in [0.1, 0.15) is 8.55 Å². The number of amides is 1. The summed E-state index contributed by atoms with van der Waals surface area (Å²) in [7, 11) is -2.35. The predicted octanol–water partition coefficient (Wildman–Crippen LogP) is 3.18. The Kier molecular flexibility index (Phi) is 7.83. The summed E-state index contributed by atoms with van der Waals surface area (Å²) in [5.74, 6) is 0.148. The molecule has 1 aliphatic heterocycles.